The molecular formula is C14H12BrN3O4. The lowest BCUT2D eigenvalue weighted by Crippen LogP contribution is -2.31. The SMILES string of the molecule is O=C(O)Cn1nc(C(=O)NCc2ccc(Br)cc2)ccc1=O. The van der Waals surface area contributed by atoms with Crippen molar-refractivity contribution in [3.8, 4) is 0 Å². The first-order valence-corrected chi connectivity index (χ1v) is 7.07. The van der Waals surface area contributed by atoms with Gasteiger partial charge in [-0.15, -0.1) is 0 Å². The summed E-state index contributed by atoms with van der Waals surface area (Å²) >= 11 is 3.32. The minimum atomic E-state index is -1.21. The number of hydrogen-bond donors (Lipinski definition) is 2. The molecule has 2 aromatic rings. The predicted octanol–water partition coefficient (Wildman–Crippen LogP) is 1.02. The van der Waals surface area contributed by atoms with Gasteiger partial charge in [-0.25, -0.2) is 4.68 Å². The third-order valence-corrected chi connectivity index (χ3v) is 3.28. The fourth-order valence-electron chi connectivity index (χ4n) is 1.69. The molecule has 0 fully saturated rings. The summed E-state index contributed by atoms with van der Waals surface area (Å²) in [7, 11) is 0. The van der Waals surface area contributed by atoms with Crippen molar-refractivity contribution in [1.82, 2.24) is 15.1 Å². The summed E-state index contributed by atoms with van der Waals surface area (Å²) in [6.07, 6.45) is 0. The highest BCUT2D eigenvalue weighted by atomic mass is 79.9. The summed E-state index contributed by atoms with van der Waals surface area (Å²) in [6, 6.07) is 9.79. The van der Waals surface area contributed by atoms with Crippen LogP contribution >= 0.6 is 15.9 Å². The monoisotopic (exact) mass is 365 g/mol. The van der Waals surface area contributed by atoms with E-state index in [-0.39, 0.29) is 5.69 Å². The lowest BCUT2D eigenvalue weighted by Gasteiger charge is -2.07. The quantitative estimate of drug-likeness (QED) is 0.823. The number of amides is 1. The molecule has 2 N–H and O–H groups in total. The number of carboxylic acids is 1. The molecule has 0 saturated carbocycles. The lowest BCUT2D eigenvalue weighted by atomic mass is 10.2. The maximum absolute atomic E-state index is 12.0. The van der Waals surface area contributed by atoms with Gasteiger partial charge in [0.05, 0.1) is 0 Å². The molecule has 1 heterocycles. The van der Waals surface area contributed by atoms with E-state index in [0.29, 0.717) is 6.54 Å². The molecule has 0 bridgehead atoms. The zero-order valence-electron chi connectivity index (χ0n) is 11.3. The fraction of sp³-hybridized carbons (Fsp3) is 0.143. The van der Waals surface area contributed by atoms with E-state index < -0.39 is 24.0 Å². The molecule has 22 heavy (non-hydrogen) atoms. The molecule has 8 heteroatoms. The number of benzene rings is 1. The summed E-state index contributed by atoms with van der Waals surface area (Å²) in [5, 5.41) is 15.1. The molecule has 0 aliphatic heterocycles. The second-order valence-corrected chi connectivity index (χ2v) is 5.33. The summed E-state index contributed by atoms with van der Waals surface area (Å²) in [6.45, 7) is -0.293. The average Bonchev–Trinajstić information content (AvgIpc) is 2.48. The van der Waals surface area contributed by atoms with Crippen LogP contribution in [0.1, 0.15) is 16.1 Å². The van der Waals surface area contributed by atoms with E-state index in [1.807, 2.05) is 24.3 Å². The first-order valence-electron chi connectivity index (χ1n) is 6.28. The van der Waals surface area contributed by atoms with Crippen molar-refractivity contribution in [2.45, 2.75) is 13.1 Å². The molecule has 1 aromatic heterocycles. The van der Waals surface area contributed by atoms with Crippen LogP contribution < -0.4 is 10.9 Å². The number of halogens is 1. The van der Waals surface area contributed by atoms with Crippen molar-refractivity contribution in [2.24, 2.45) is 0 Å². The van der Waals surface area contributed by atoms with E-state index >= 15 is 0 Å². The van der Waals surface area contributed by atoms with Crippen LogP contribution in [0.5, 0.6) is 0 Å². The van der Waals surface area contributed by atoms with Crippen LogP contribution in [-0.2, 0) is 17.9 Å². The second-order valence-electron chi connectivity index (χ2n) is 4.42. The highest BCUT2D eigenvalue weighted by Gasteiger charge is 2.11. The molecule has 1 amide bonds. The van der Waals surface area contributed by atoms with Gasteiger partial charge in [0.2, 0.25) is 0 Å². The standard InChI is InChI=1S/C14H12BrN3O4/c15-10-3-1-9(2-4-10)7-16-14(22)11-5-6-12(19)18(17-11)8-13(20)21/h1-6H,7-8H2,(H,16,22)(H,20,21). The Morgan fingerprint density at radius 3 is 2.50 bits per heavy atom. The Bertz CT molecular complexity index is 755. The van der Waals surface area contributed by atoms with Crippen molar-refractivity contribution in [2.75, 3.05) is 0 Å². The van der Waals surface area contributed by atoms with E-state index in [2.05, 4.69) is 26.3 Å². The van der Waals surface area contributed by atoms with Crippen LogP contribution in [0.4, 0.5) is 0 Å². The lowest BCUT2D eigenvalue weighted by molar-refractivity contribution is -0.138. The van der Waals surface area contributed by atoms with Crippen LogP contribution in [0.2, 0.25) is 0 Å². The molecule has 7 nitrogen and oxygen atoms in total. The van der Waals surface area contributed by atoms with Crippen LogP contribution in [0.25, 0.3) is 0 Å². The molecule has 0 radical (unpaired) electrons. The average molecular weight is 366 g/mol. The van der Waals surface area contributed by atoms with Gasteiger partial charge < -0.3 is 10.4 Å². The number of aliphatic carboxylic acids is 1. The van der Waals surface area contributed by atoms with Gasteiger partial charge in [-0.05, 0) is 23.8 Å². The maximum Gasteiger partial charge on any atom is 0.325 e. The number of hydrogen-bond acceptors (Lipinski definition) is 4. The minimum absolute atomic E-state index is 0.0158. The number of nitrogens with one attached hydrogen (secondary N) is 1. The predicted molar refractivity (Wildman–Crippen MR) is 81.4 cm³/mol. The molecule has 1 aromatic carbocycles. The Kier molecular flexibility index (Phi) is 5.05. The van der Waals surface area contributed by atoms with Gasteiger partial charge >= 0.3 is 5.97 Å². The molecular weight excluding hydrogens is 354 g/mol. The molecule has 0 atom stereocenters. The molecule has 0 saturated heterocycles. The number of aromatic nitrogens is 2. The number of nitrogens with zero attached hydrogens (tertiary/aromatic N) is 2. The van der Waals surface area contributed by atoms with Crippen molar-refractivity contribution >= 4 is 27.8 Å². The highest BCUT2D eigenvalue weighted by molar-refractivity contribution is 9.10. The second kappa shape index (κ2) is 6.99. The van der Waals surface area contributed by atoms with Crippen molar-refractivity contribution in [1.29, 1.82) is 0 Å². The van der Waals surface area contributed by atoms with Gasteiger partial charge in [-0.2, -0.15) is 5.10 Å². The first kappa shape index (κ1) is 15.9. The van der Waals surface area contributed by atoms with E-state index in [9.17, 15) is 14.4 Å². The zero-order valence-corrected chi connectivity index (χ0v) is 12.9. The Morgan fingerprint density at radius 1 is 1.18 bits per heavy atom. The summed E-state index contributed by atoms with van der Waals surface area (Å²) < 4.78 is 1.67. The van der Waals surface area contributed by atoms with Gasteiger partial charge in [0.1, 0.15) is 12.2 Å². The van der Waals surface area contributed by atoms with Gasteiger partial charge in [0, 0.05) is 17.1 Å². The third-order valence-electron chi connectivity index (χ3n) is 2.75. The summed E-state index contributed by atoms with van der Waals surface area (Å²) in [4.78, 5) is 34.1. The van der Waals surface area contributed by atoms with E-state index in [1.54, 1.807) is 0 Å². The van der Waals surface area contributed by atoms with E-state index in [1.165, 1.54) is 6.07 Å². The molecule has 0 aliphatic carbocycles. The first-order chi connectivity index (χ1) is 10.5. The normalized spacial score (nSPS) is 10.2. The van der Waals surface area contributed by atoms with Crippen LogP contribution in [-0.4, -0.2) is 26.8 Å². The Balaban J connectivity index is 2.07. The highest BCUT2D eigenvalue weighted by Crippen LogP contribution is 2.10. The maximum atomic E-state index is 12.0. The van der Waals surface area contributed by atoms with Crippen molar-refractivity contribution < 1.29 is 14.7 Å². The topological polar surface area (TPSA) is 101 Å². The minimum Gasteiger partial charge on any atom is -0.480 e. The van der Waals surface area contributed by atoms with E-state index in [4.69, 9.17) is 5.11 Å². The Morgan fingerprint density at radius 2 is 1.86 bits per heavy atom. The van der Waals surface area contributed by atoms with Gasteiger partial charge in [-0.3, -0.25) is 14.4 Å². The fourth-order valence-corrected chi connectivity index (χ4v) is 1.95. The molecule has 2 rings (SSSR count). The van der Waals surface area contributed by atoms with Gasteiger partial charge in [-0.1, -0.05) is 28.1 Å². The molecule has 0 spiro atoms. The number of rotatable bonds is 5. The summed E-state index contributed by atoms with van der Waals surface area (Å²) in [5.41, 5.74) is 0.306. The molecule has 0 unspecified atom stereocenters. The largest absolute Gasteiger partial charge is 0.480 e. The van der Waals surface area contributed by atoms with Crippen LogP contribution in [0.15, 0.2) is 45.7 Å². The number of carbonyl (C=O) groups excluding carboxylic acids is 1. The van der Waals surface area contributed by atoms with Crippen molar-refractivity contribution in [3.63, 3.8) is 0 Å². The van der Waals surface area contributed by atoms with E-state index in [0.717, 1.165) is 20.8 Å². The summed E-state index contributed by atoms with van der Waals surface area (Å²) in [5.74, 6) is -1.69. The smallest absolute Gasteiger partial charge is 0.325 e. The zero-order chi connectivity index (χ0) is 16.1. The number of carbonyl (C=O) groups is 2. The molecule has 114 valence electrons. The van der Waals surface area contributed by atoms with Gasteiger partial charge in [0.25, 0.3) is 11.5 Å². The van der Waals surface area contributed by atoms with Gasteiger partial charge in [0.15, 0.2) is 0 Å². The molecule has 0 aliphatic rings. The third kappa shape index (κ3) is 4.26. The Hall–Kier alpha value is -2.48. The number of carboxylic acid groups (broad SMARTS) is 1. The van der Waals surface area contributed by atoms with Crippen molar-refractivity contribution in [3.05, 3.63) is 62.5 Å². The van der Waals surface area contributed by atoms with Crippen LogP contribution in [0, 0.1) is 0 Å². The van der Waals surface area contributed by atoms with Crippen LogP contribution in [0.3, 0.4) is 0 Å². The Labute approximate surface area is 133 Å².